The van der Waals surface area contributed by atoms with Crippen LogP contribution >= 0.6 is 0 Å². The Bertz CT molecular complexity index is 2040. The number of hydrogen-bond acceptors (Lipinski definition) is 4. The van der Waals surface area contributed by atoms with Crippen molar-refractivity contribution in [3.63, 3.8) is 0 Å². The van der Waals surface area contributed by atoms with Crippen molar-refractivity contribution in [3.05, 3.63) is 130 Å². The summed E-state index contributed by atoms with van der Waals surface area (Å²) < 4.78 is 0. The molecule has 0 atom stereocenters. The minimum Gasteiger partial charge on any atom is -0.268 e. The summed E-state index contributed by atoms with van der Waals surface area (Å²) in [5.41, 5.74) is 3.97. The predicted octanol–water partition coefficient (Wildman–Crippen LogP) is 7.36. The lowest BCUT2D eigenvalue weighted by Crippen LogP contribution is -2.43. The predicted molar refractivity (Wildman–Crippen MR) is 164 cm³/mol. The Morgan fingerprint density at radius 1 is 0.429 bits per heavy atom. The van der Waals surface area contributed by atoms with Crippen LogP contribution in [0, 0.1) is 13.8 Å². The minimum atomic E-state index is -0.487. The normalized spacial score (nSPS) is 14.5. The van der Waals surface area contributed by atoms with Gasteiger partial charge < -0.3 is 0 Å². The lowest BCUT2D eigenvalue weighted by atomic mass is 9.85. The van der Waals surface area contributed by atoms with Crippen molar-refractivity contribution in [2.45, 2.75) is 13.8 Å². The van der Waals surface area contributed by atoms with Crippen molar-refractivity contribution in [1.29, 1.82) is 0 Å². The monoisotopic (exact) mass is 546 g/mol. The van der Waals surface area contributed by atoms with Crippen molar-refractivity contribution < 1.29 is 19.2 Å². The molecule has 0 radical (unpaired) electrons. The highest BCUT2D eigenvalue weighted by Crippen LogP contribution is 2.42. The summed E-state index contributed by atoms with van der Waals surface area (Å²) in [5, 5.41) is 4.11. The van der Waals surface area contributed by atoms with Gasteiger partial charge in [-0.3, -0.25) is 19.2 Å². The number of fused-ring (bicyclic) bond motifs is 2. The van der Waals surface area contributed by atoms with Gasteiger partial charge in [0.1, 0.15) is 0 Å². The minimum absolute atomic E-state index is 0.283. The third-order valence-electron chi connectivity index (χ3n) is 8.35. The molecular weight excluding hydrogens is 524 g/mol. The van der Waals surface area contributed by atoms with Crippen LogP contribution < -0.4 is 9.80 Å². The van der Waals surface area contributed by atoms with Crippen LogP contribution in [0.2, 0.25) is 0 Å². The number of benzene rings is 6. The molecule has 0 N–H and O–H groups in total. The van der Waals surface area contributed by atoms with E-state index in [1.165, 1.54) is 9.80 Å². The van der Waals surface area contributed by atoms with E-state index in [4.69, 9.17) is 0 Å². The average Bonchev–Trinajstić information content (AvgIpc) is 2.98. The standard InChI is InChI=1S/C36H22N2O4/c1-19-15-21-7-3-5-9-23(21)29(17-19)37-33(39)25-11-13-27-32-28(14-12-26(31(25)32)34(37)40)36(42)38(35(27)41)30-18-20(2)16-22-8-4-6-10-24(22)30/h3-18H,1-2H3. The van der Waals surface area contributed by atoms with E-state index in [2.05, 4.69) is 0 Å². The van der Waals surface area contributed by atoms with Crippen LogP contribution in [0.25, 0.3) is 32.3 Å². The van der Waals surface area contributed by atoms with Crippen molar-refractivity contribution in [3.8, 4) is 0 Å². The molecule has 0 aliphatic carbocycles. The Labute approximate surface area is 240 Å². The van der Waals surface area contributed by atoms with Gasteiger partial charge in [-0.15, -0.1) is 0 Å². The second-order valence-electron chi connectivity index (χ2n) is 11.0. The van der Waals surface area contributed by atoms with Gasteiger partial charge in [0, 0.05) is 43.8 Å². The van der Waals surface area contributed by atoms with Gasteiger partial charge in [0.05, 0.1) is 11.4 Å². The van der Waals surface area contributed by atoms with Gasteiger partial charge >= 0.3 is 0 Å². The van der Waals surface area contributed by atoms with E-state index < -0.39 is 23.6 Å². The summed E-state index contributed by atoms with van der Waals surface area (Å²) in [4.78, 5) is 58.7. The van der Waals surface area contributed by atoms with Gasteiger partial charge in [0.2, 0.25) is 0 Å². The molecule has 0 aromatic heterocycles. The molecular formula is C36H22N2O4. The van der Waals surface area contributed by atoms with E-state index in [1.54, 1.807) is 24.3 Å². The molecule has 2 heterocycles. The molecule has 6 heteroatoms. The highest BCUT2D eigenvalue weighted by Gasteiger charge is 2.41. The first-order valence-corrected chi connectivity index (χ1v) is 13.7. The summed E-state index contributed by atoms with van der Waals surface area (Å²) in [7, 11) is 0. The number of anilines is 2. The van der Waals surface area contributed by atoms with Gasteiger partial charge in [-0.1, -0.05) is 60.7 Å². The average molecular weight is 547 g/mol. The molecule has 0 bridgehead atoms. The lowest BCUT2D eigenvalue weighted by Gasteiger charge is -2.32. The Kier molecular flexibility index (Phi) is 4.86. The van der Waals surface area contributed by atoms with E-state index in [0.29, 0.717) is 22.1 Å². The zero-order chi connectivity index (χ0) is 28.9. The second kappa shape index (κ2) is 8.44. The van der Waals surface area contributed by atoms with Crippen molar-refractivity contribution in [1.82, 2.24) is 0 Å². The van der Waals surface area contributed by atoms with Gasteiger partial charge in [-0.2, -0.15) is 0 Å². The SMILES string of the molecule is Cc1cc(N2C(=O)c3ccc4c5c(ccc(c35)C2=O)C(=O)N(c2cc(C)cc3ccccc23)C4=O)c2ccccc2c1. The molecule has 42 heavy (non-hydrogen) atoms. The van der Waals surface area contributed by atoms with Crippen molar-refractivity contribution in [2.75, 3.05) is 9.80 Å². The van der Waals surface area contributed by atoms with Crippen LogP contribution in [-0.2, 0) is 0 Å². The molecule has 2 aliphatic heterocycles. The van der Waals surface area contributed by atoms with E-state index in [1.807, 2.05) is 86.6 Å². The van der Waals surface area contributed by atoms with Gasteiger partial charge in [-0.05, 0) is 72.1 Å². The van der Waals surface area contributed by atoms with Crippen LogP contribution in [-0.4, -0.2) is 23.6 Å². The number of hydrogen-bond donors (Lipinski definition) is 0. The molecule has 0 unspecified atom stereocenters. The zero-order valence-corrected chi connectivity index (χ0v) is 22.8. The molecule has 0 fully saturated rings. The molecule has 0 spiro atoms. The first kappa shape index (κ1) is 24.2. The Hall–Kier alpha value is -5.62. The fourth-order valence-electron chi connectivity index (χ4n) is 6.56. The van der Waals surface area contributed by atoms with Crippen LogP contribution in [0.3, 0.4) is 0 Å². The zero-order valence-electron chi connectivity index (χ0n) is 22.8. The molecule has 0 saturated heterocycles. The van der Waals surface area contributed by atoms with E-state index in [0.717, 1.165) is 32.7 Å². The maximum Gasteiger partial charge on any atom is 0.266 e. The van der Waals surface area contributed by atoms with Gasteiger partial charge in [0.15, 0.2) is 0 Å². The summed E-state index contributed by atoms with van der Waals surface area (Å²) in [6.07, 6.45) is 0. The van der Waals surface area contributed by atoms with Gasteiger partial charge in [-0.25, -0.2) is 9.80 Å². The van der Waals surface area contributed by atoms with E-state index in [-0.39, 0.29) is 22.3 Å². The van der Waals surface area contributed by atoms with Crippen LogP contribution in [0.4, 0.5) is 11.4 Å². The Morgan fingerprint density at radius 2 is 0.762 bits per heavy atom. The molecule has 4 amide bonds. The third-order valence-corrected chi connectivity index (χ3v) is 8.35. The number of aryl methyl sites for hydroxylation is 2. The fraction of sp³-hybridized carbons (Fsp3) is 0.0556. The Balaban J connectivity index is 1.33. The topological polar surface area (TPSA) is 74.8 Å². The van der Waals surface area contributed by atoms with Crippen molar-refractivity contribution in [2.24, 2.45) is 0 Å². The molecule has 200 valence electrons. The fourth-order valence-corrected chi connectivity index (χ4v) is 6.56. The number of imide groups is 2. The summed E-state index contributed by atoms with van der Waals surface area (Å²) in [6.45, 7) is 3.85. The van der Waals surface area contributed by atoms with Crippen LogP contribution in [0.15, 0.2) is 97.1 Å². The Morgan fingerprint density at radius 3 is 1.12 bits per heavy atom. The molecule has 6 aromatic carbocycles. The molecule has 6 aromatic rings. The first-order valence-electron chi connectivity index (χ1n) is 13.7. The number of carbonyl (C=O) groups is 4. The number of carbonyl (C=O) groups excluding carboxylic acids is 4. The molecule has 2 aliphatic rings. The summed E-state index contributed by atoms with van der Waals surface area (Å²) >= 11 is 0. The largest absolute Gasteiger partial charge is 0.268 e. The van der Waals surface area contributed by atoms with Crippen LogP contribution in [0.5, 0.6) is 0 Å². The summed E-state index contributed by atoms with van der Waals surface area (Å²) in [5.74, 6) is -1.95. The molecule has 6 nitrogen and oxygen atoms in total. The second-order valence-corrected chi connectivity index (χ2v) is 11.0. The highest BCUT2D eigenvalue weighted by atomic mass is 16.2. The maximum absolute atomic E-state index is 14.1. The van der Waals surface area contributed by atoms with Gasteiger partial charge in [0.25, 0.3) is 23.6 Å². The number of rotatable bonds is 2. The highest BCUT2D eigenvalue weighted by molar-refractivity contribution is 6.43. The first-order chi connectivity index (χ1) is 20.3. The maximum atomic E-state index is 14.1. The summed E-state index contributed by atoms with van der Waals surface area (Å²) in [6, 6.07) is 29.4. The third kappa shape index (κ3) is 3.14. The quantitative estimate of drug-likeness (QED) is 0.213. The number of amides is 4. The van der Waals surface area contributed by atoms with Crippen LogP contribution in [0.1, 0.15) is 52.6 Å². The number of nitrogens with zero attached hydrogens (tertiary/aromatic N) is 2. The van der Waals surface area contributed by atoms with Crippen molar-refractivity contribution >= 4 is 67.3 Å². The van der Waals surface area contributed by atoms with E-state index >= 15 is 0 Å². The smallest absolute Gasteiger partial charge is 0.266 e. The van der Waals surface area contributed by atoms with E-state index in [9.17, 15) is 19.2 Å². The lowest BCUT2D eigenvalue weighted by molar-refractivity contribution is 0.0873. The molecule has 0 saturated carbocycles. The molecule has 8 rings (SSSR count).